The average Bonchev–Trinajstić information content (AvgIpc) is 2.38. The molecule has 0 aliphatic heterocycles. The minimum absolute atomic E-state index is 0.278. The first-order valence-corrected chi connectivity index (χ1v) is 7.83. The lowest BCUT2D eigenvalue weighted by Gasteiger charge is -2.21. The van der Waals surface area contributed by atoms with Crippen LogP contribution in [0.2, 0.25) is 0 Å². The van der Waals surface area contributed by atoms with E-state index < -0.39 is 0 Å². The third-order valence-electron chi connectivity index (χ3n) is 3.54. The highest BCUT2D eigenvalue weighted by molar-refractivity contribution is 9.10. The molecular weight excluding hydrogens is 309 g/mol. The van der Waals surface area contributed by atoms with Gasteiger partial charge in [-0.25, -0.2) is 4.39 Å². The van der Waals surface area contributed by atoms with E-state index >= 15 is 0 Å². The minimum Gasteiger partial charge on any atom is -0.492 e. The van der Waals surface area contributed by atoms with Crippen molar-refractivity contribution in [1.82, 2.24) is 5.32 Å². The van der Waals surface area contributed by atoms with Gasteiger partial charge in [-0.15, -0.1) is 0 Å². The molecule has 1 aliphatic rings. The minimum atomic E-state index is -0.278. The van der Waals surface area contributed by atoms with Gasteiger partial charge in [-0.05, 0) is 37.4 Å². The first-order valence-electron chi connectivity index (χ1n) is 7.03. The highest BCUT2D eigenvalue weighted by atomic mass is 79.9. The molecule has 0 bridgehead atoms. The topological polar surface area (TPSA) is 21.3 Å². The summed E-state index contributed by atoms with van der Waals surface area (Å²) in [4.78, 5) is 0. The summed E-state index contributed by atoms with van der Waals surface area (Å²) in [5.41, 5.74) is 0. The molecular formula is C15H21BrFNO. The van der Waals surface area contributed by atoms with Gasteiger partial charge in [0.1, 0.15) is 18.2 Å². The molecule has 1 fully saturated rings. The summed E-state index contributed by atoms with van der Waals surface area (Å²) >= 11 is 3.25. The van der Waals surface area contributed by atoms with Crippen molar-refractivity contribution < 1.29 is 9.13 Å². The van der Waals surface area contributed by atoms with Crippen molar-refractivity contribution in [3.8, 4) is 5.75 Å². The lowest BCUT2D eigenvalue weighted by Crippen LogP contribution is -2.28. The monoisotopic (exact) mass is 329 g/mol. The Morgan fingerprint density at radius 1 is 1.21 bits per heavy atom. The molecule has 19 heavy (non-hydrogen) atoms. The van der Waals surface area contributed by atoms with Crippen molar-refractivity contribution in [2.45, 2.75) is 32.1 Å². The van der Waals surface area contributed by atoms with Crippen molar-refractivity contribution in [3.05, 3.63) is 28.5 Å². The maximum Gasteiger partial charge on any atom is 0.128 e. The van der Waals surface area contributed by atoms with Crippen LogP contribution >= 0.6 is 15.9 Å². The van der Waals surface area contributed by atoms with Crippen molar-refractivity contribution in [2.24, 2.45) is 5.92 Å². The van der Waals surface area contributed by atoms with E-state index in [0.29, 0.717) is 16.8 Å². The van der Waals surface area contributed by atoms with Gasteiger partial charge in [0.25, 0.3) is 0 Å². The molecule has 0 spiro atoms. The number of nitrogens with one attached hydrogen (secondary N) is 1. The molecule has 0 saturated heterocycles. The van der Waals surface area contributed by atoms with E-state index in [1.807, 2.05) is 0 Å². The number of ether oxygens (including phenoxy) is 1. The Morgan fingerprint density at radius 3 is 2.74 bits per heavy atom. The van der Waals surface area contributed by atoms with Crippen LogP contribution in [0.3, 0.4) is 0 Å². The maximum absolute atomic E-state index is 13.1. The Kier molecular flexibility index (Phi) is 6.11. The van der Waals surface area contributed by atoms with E-state index in [9.17, 15) is 4.39 Å². The van der Waals surface area contributed by atoms with Crippen molar-refractivity contribution in [2.75, 3.05) is 19.7 Å². The molecule has 0 radical (unpaired) electrons. The molecule has 1 aromatic rings. The van der Waals surface area contributed by atoms with Crippen LogP contribution in [0.15, 0.2) is 22.7 Å². The summed E-state index contributed by atoms with van der Waals surface area (Å²) < 4.78 is 19.4. The second kappa shape index (κ2) is 7.85. The summed E-state index contributed by atoms with van der Waals surface area (Å²) in [5.74, 6) is 1.13. The van der Waals surface area contributed by atoms with Gasteiger partial charge in [0, 0.05) is 17.1 Å². The standard InChI is InChI=1S/C15H21BrFNO/c16-13-8-14(17)10-15(9-13)19-7-6-18-11-12-4-2-1-3-5-12/h8-10,12,18H,1-7,11H2. The van der Waals surface area contributed by atoms with E-state index in [0.717, 1.165) is 19.0 Å². The zero-order valence-electron chi connectivity index (χ0n) is 11.1. The quantitative estimate of drug-likeness (QED) is 0.792. The van der Waals surface area contributed by atoms with E-state index in [4.69, 9.17) is 4.74 Å². The van der Waals surface area contributed by atoms with Crippen LogP contribution in [0.5, 0.6) is 5.75 Å². The molecule has 0 amide bonds. The van der Waals surface area contributed by atoms with Crippen LogP contribution in [-0.4, -0.2) is 19.7 Å². The third-order valence-corrected chi connectivity index (χ3v) is 4.00. The lowest BCUT2D eigenvalue weighted by atomic mass is 9.89. The van der Waals surface area contributed by atoms with E-state index in [1.165, 1.54) is 44.2 Å². The van der Waals surface area contributed by atoms with Gasteiger partial charge in [-0.3, -0.25) is 0 Å². The second-order valence-corrected chi connectivity index (χ2v) is 6.08. The van der Waals surface area contributed by atoms with Gasteiger partial charge in [0.15, 0.2) is 0 Å². The number of hydrogen-bond acceptors (Lipinski definition) is 2. The first kappa shape index (κ1) is 14.8. The fraction of sp³-hybridized carbons (Fsp3) is 0.600. The molecule has 4 heteroatoms. The van der Waals surface area contributed by atoms with Crippen molar-refractivity contribution in [1.29, 1.82) is 0 Å². The number of rotatable bonds is 6. The third kappa shape index (κ3) is 5.49. The molecule has 1 aliphatic carbocycles. The predicted molar refractivity (Wildman–Crippen MR) is 79.0 cm³/mol. The second-order valence-electron chi connectivity index (χ2n) is 5.16. The summed E-state index contributed by atoms with van der Waals surface area (Å²) in [5, 5.41) is 3.42. The van der Waals surface area contributed by atoms with Crippen LogP contribution in [0.4, 0.5) is 4.39 Å². The normalized spacial score (nSPS) is 16.5. The molecule has 1 saturated carbocycles. The summed E-state index contributed by atoms with van der Waals surface area (Å²) in [6, 6.07) is 4.62. The lowest BCUT2D eigenvalue weighted by molar-refractivity contribution is 0.293. The maximum atomic E-state index is 13.1. The van der Waals surface area contributed by atoms with E-state index in [1.54, 1.807) is 6.07 Å². The summed E-state index contributed by atoms with van der Waals surface area (Å²) in [6.45, 7) is 2.46. The molecule has 106 valence electrons. The summed E-state index contributed by atoms with van der Waals surface area (Å²) in [7, 11) is 0. The predicted octanol–water partition coefficient (Wildman–Crippen LogP) is 4.14. The Morgan fingerprint density at radius 2 is 2.00 bits per heavy atom. The average molecular weight is 330 g/mol. The van der Waals surface area contributed by atoms with Crippen molar-refractivity contribution in [3.63, 3.8) is 0 Å². The van der Waals surface area contributed by atoms with Crippen LogP contribution in [0, 0.1) is 11.7 Å². The van der Waals surface area contributed by atoms with E-state index in [-0.39, 0.29) is 5.82 Å². The SMILES string of the molecule is Fc1cc(Br)cc(OCCNCC2CCCCC2)c1. The Bertz CT molecular complexity index is 373. The van der Waals surface area contributed by atoms with Crippen LogP contribution in [0.25, 0.3) is 0 Å². The van der Waals surface area contributed by atoms with Gasteiger partial charge in [-0.1, -0.05) is 35.2 Å². The molecule has 1 aromatic carbocycles. The molecule has 2 nitrogen and oxygen atoms in total. The van der Waals surface area contributed by atoms with Gasteiger partial charge >= 0.3 is 0 Å². The number of hydrogen-bond donors (Lipinski definition) is 1. The number of benzene rings is 1. The van der Waals surface area contributed by atoms with Gasteiger partial charge in [0.2, 0.25) is 0 Å². The molecule has 0 heterocycles. The van der Waals surface area contributed by atoms with Crippen LogP contribution in [0.1, 0.15) is 32.1 Å². The zero-order chi connectivity index (χ0) is 13.5. The van der Waals surface area contributed by atoms with Gasteiger partial charge < -0.3 is 10.1 Å². The Labute approximate surface area is 122 Å². The molecule has 0 aromatic heterocycles. The molecule has 0 unspecified atom stereocenters. The molecule has 0 atom stereocenters. The van der Waals surface area contributed by atoms with Crippen LogP contribution < -0.4 is 10.1 Å². The highest BCUT2D eigenvalue weighted by Gasteiger charge is 2.12. The molecule has 1 N–H and O–H groups in total. The Hall–Kier alpha value is -0.610. The fourth-order valence-electron chi connectivity index (χ4n) is 2.55. The van der Waals surface area contributed by atoms with E-state index in [2.05, 4.69) is 21.2 Å². The highest BCUT2D eigenvalue weighted by Crippen LogP contribution is 2.23. The number of halogens is 2. The first-order chi connectivity index (χ1) is 9.24. The summed E-state index contributed by atoms with van der Waals surface area (Å²) in [6.07, 6.45) is 6.85. The fourth-order valence-corrected chi connectivity index (χ4v) is 2.99. The van der Waals surface area contributed by atoms with Crippen molar-refractivity contribution >= 4 is 15.9 Å². The van der Waals surface area contributed by atoms with Gasteiger partial charge in [-0.2, -0.15) is 0 Å². The Balaban J connectivity index is 1.60. The van der Waals surface area contributed by atoms with Crippen LogP contribution in [-0.2, 0) is 0 Å². The van der Waals surface area contributed by atoms with Gasteiger partial charge in [0.05, 0.1) is 0 Å². The zero-order valence-corrected chi connectivity index (χ0v) is 12.7. The molecule has 2 rings (SSSR count). The largest absolute Gasteiger partial charge is 0.492 e. The smallest absolute Gasteiger partial charge is 0.128 e.